The molecule has 180 valence electrons. The van der Waals surface area contributed by atoms with Crippen LogP contribution in [0.1, 0.15) is 41.6 Å². The van der Waals surface area contributed by atoms with Crippen molar-refractivity contribution in [2.24, 2.45) is 13.0 Å². The van der Waals surface area contributed by atoms with Gasteiger partial charge in [-0.1, -0.05) is 78.1 Å². The minimum atomic E-state index is -0.361. The van der Waals surface area contributed by atoms with Crippen molar-refractivity contribution in [3.8, 4) is 0 Å². The van der Waals surface area contributed by atoms with Gasteiger partial charge in [-0.3, -0.25) is 9.59 Å². The average Bonchev–Trinajstić information content (AvgIpc) is 3.12. The standard InChI is InChI=1S/C23H24Cl3N5O2S/c1-12(2)19(28-22(33)14-7-5-6-13(3)8-14)21-29-30-23(31(21)4)34-11-18(32)27-20-16(25)9-15(24)10-17(20)26/h5-10,12,19H,11H2,1-4H3,(H,27,32)(H,28,33)/t19-/m0/s1. The van der Waals surface area contributed by atoms with Crippen LogP contribution in [0.3, 0.4) is 0 Å². The van der Waals surface area contributed by atoms with Crippen molar-refractivity contribution in [3.05, 3.63) is 68.4 Å². The molecule has 2 amide bonds. The first kappa shape index (κ1) is 26.3. The first-order chi connectivity index (χ1) is 16.1. The fourth-order valence-electron chi connectivity index (χ4n) is 3.23. The molecule has 0 spiro atoms. The van der Waals surface area contributed by atoms with Crippen LogP contribution in [0, 0.1) is 12.8 Å². The molecular weight excluding hydrogens is 517 g/mol. The molecule has 0 bridgehead atoms. The number of carbonyl (C=O) groups excluding carboxylic acids is 2. The van der Waals surface area contributed by atoms with Crippen molar-refractivity contribution in [2.45, 2.75) is 32.0 Å². The molecule has 7 nitrogen and oxygen atoms in total. The SMILES string of the molecule is Cc1cccc(C(=O)N[C@H](c2nnc(SCC(=O)Nc3c(Cl)cc(Cl)cc3Cl)n2C)C(C)C)c1. The predicted octanol–water partition coefficient (Wildman–Crippen LogP) is 5.94. The fraction of sp³-hybridized carbons (Fsp3) is 0.304. The number of hydrogen-bond acceptors (Lipinski definition) is 5. The molecular formula is C23H24Cl3N5O2S. The van der Waals surface area contributed by atoms with Crippen LogP contribution in [-0.4, -0.2) is 32.3 Å². The lowest BCUT2D eigenvalue weighted by molar-refractivity contribution is -0.113. The zero-order valence-electron chi connectivity index (χ0n) is 19.0. The Morgan fingerprint density at radius 1 is 1.09 bits per heavy atom. The van der Waals surface area contributed by atoms with Crippen molar-refractivity contribution in [2.75, 3.05) is 11.1 Å². The van der Waals surface area contributed by atoms with Gasteiger partial charge in [-0.15, -0.1) is 10.2 Å². The molecule has 0 saturated carbocycles. The molecule has 0 aliphatic carbocycles. The number of carbonyl (C=O) groups is 2. The van der Waals surface area contributed by atoms with Crippen LogP contribution < -0.4 is 10.6 Å². The second-order valence-electron chi connectivity index (χ2n) is 8.05. The van der Waals surface area contributed by atoms with Crippen LogP contribution in [0.15, 0.2) is 41.6 Å². The zero-order valence-corrected chi connectivity index (χ0v) is 22.1. The second kappa shape index (κ2) is 11.4. The topological polar surface area (TPSA) is 88.9 Å². The van der Waals surface area contributed by atoms with Gasteiger partial charge in [0.05, 0.1) is 27.5 Å². The van der Waals surface area contributed by atoms with Crippen molar-refractivity contribution in [1.29, 1.82) is 0 Å². The number of rotatable bonds is 8. The summed E-state index contributed by atoms with van der Waals surface area (Å²) in [6.45, 7) is 5.93. The van der Waals surface area contributed by atoms with Crippen molar-refractivity contribution in [1.82, 2.24) is 20.1 Å². The van der Waals surface area contributed by atoms with Gasteiger partial charge in [-0.05, 0) is 37.1 Å². The van der Waals surface area contributed by atoms with Gasteiger partial charge in [0, 0.05) is 17.6 Å². The molecule has 0 aliphatic rings. The number of nitrogens with one attached hydrogen (secondary N) is 2. The molecule has 2 aromatic carbocycles. The molecule has 0 fully saturated rings. The van der Waals surface area contributed by atoms with E-state index in [1.165, 1.54) is 23.9 Å². The molecule has 3 rings (SSSR count). The van der Waals surface area contributed by atoms with E-state index in [9.17, 15) is 9.59 Å². The molecule has 1 aromatic heterocycles. The van der Waals surface area contributed by atoms with Crippen LogP contribution in [0.2, 0.25) is 15.1 Å². The first-order valence-electron chi connectivity index (χ1n) is 10.4. The number of aromatic nitrogens is 3. The van der Waals surface area contributed by atoms with Gasteiger partial charge in [-0.2, -0.15) is 0 Å². The predicted molar refractivity (Wildman–Crippen MR) is 138 cm³/mol. The number of halogens is 3. The van der Waals surface area contributed by atoms with Crippen LogP contribution >= 0.6 is 46.6 Å². The van der Waals surface area contributed by atoms with Gasteiger partial charge >= 0.3 is 0 Å². The Labute approximate surface area is 217 Å². The van der Waals surface area contributed by atoms with Gasteiger partial charge in [-0.25, -0.2) is 0 Å². The van der Waals surface area contributed by atoms with E-state index >= 15 is 0 Å². The lowest BCUT2D eigenvalue weighted by atomic mass is 10.0. The third kappa shape index (κ3) is 6.44. The number of nitrogens with zero attached hydrogens (tertiary/aromatic N) is 3. The monoisotopic (exact) mass is 539 g/mol. The highest BCUT2D eigenvalue weighted by atomic mass is 35.5. The Hall–Kier alpha value is -2.26. The smallest absolute Gasteiger partial charge is 0.251 e. The summed E-state index contributed by atoms with van der Waals surface area (Å²) in [5.74, 6) is 0.225. The molecule has 1 atom stereocenters. The van der Waals surface area contributed by atoms with E-state index in [1.54, 1.807) is 17.7 Å². The Bertz CT molecular complexity index is 1190. The molecule has 0 unspecified atom stereocenters. The largest absolute Gasteiger partial charge is 0.342 e. The highest BCUT2D eigenvalue weighted by Crippen LogP contribution is 2.34. The molecule has 34 heavy (non-hydrogen) atoms. The van der Waals surface area contributed by atoms with E-state index in [0.29, 0.717) is 27.3 Å². The van der Waals surface area contributed by atoms with E-state index in [4.69, 9.17) is 34.8 Å². The van der Waals surface area contributed by atoms with Crippen LogP contribution in [0.25, 0.3) is 0 Å². The number of hydrogen-bond donors (Lipinski definition) is 2. The maximum Gasteiger partial charge on any atom is 0.251 e. The Morgan fingerprint density at radius 3 is 2.38 bits per heavy atom. The summed E-state index contributed by atoms with van der Waals surface area (Å²) in [5, 5.41) is 15.7. The quantitative estimate of drug-likeness (QED) is 0.345. The number of thioether (sulfide) groups is 1. The summed E-state index contributed by atoms with van der Waals surface area (Å²) in [7, 11) is 1.80. The summed E-state index contributed by atoms with van der Waals surface area (Å²) < 4.78 is 1.78. The molecule has 0 saturated heterocycles. The zero-order chi connectivity index (χ0) is 25.0. The highest BCUT2D eigenvalue weighted by molar-refractivity contribution is 7.99. The minimum Gasteiger partial charge on any atom is -0.342 e. The Balaban J connectivity index is 1.69. The third-order valence-electron chi connectivity index (χ3n) is 4.98. The second-order valence-corrected chi connectivity index (χ2v) is 10.2. The van der Waals surface area contributed by atoms with Crippen molar-refractivity contribution < 1.29 is 9.59 Å². The van der Waals surface area contributed by atoms with E-state index in [0.717, 1.165) is 5.56 Å². The maximum atomic E-state index is 12.8. The summed E-state index contributed by atoms with van der Waals surface area (Å²) in [6, 6.07) is 10.0. The van der Waals surface area contributed by atoms with Crippen molar-refractivity contribution >= 4 is 64.1 Å². The number of anilines is 1. The number of amides is 2. The number of aryl methyl sites for hydroxylation is 1. The summed E-state index contributed by atoms with van der Waals surface area (Å²) in [5.41, 5.74) is 1.89. The molecule has 3 aromatic rings. The molecule has 2 N–H and O–H groups in total. The van der Waals surface area contributed by atoms with E-state index < -0.39 is 0 Å². The van der Waals surface area contributed by atoms with Crippen molar-refractivity contribution in [3.63, 3.8) is 0 Å². The maximum absolute atomic E-state index is 12.8. The molecule has 1 heterocycles. The molecule has 0 radical (unpaired) electrons. The first-order valence-corrected chi connectivity index (χ1v) is 12.5. The average molecular weight is 541 g/mol. The lowest BCUT2D eigenvalue weighted by Crippen LogP contribution is -2.33. The number of benzene rings is 2. The fourth-order valence-corrected chi connectivity index (χ4v) is 4.86. The summed E-state index contributed by atoms with van der Waals surface area (Å²) >= 11 is 19.4. The van der Waals surface area contributed by atoms with Crippen LogP contribution in [0.4, 0.5) is 5.69 Å². The minimum absolute atomic E-state index is 0.0588. The summed E-state index contributed by atoms with van der Waals surface area (Å²) in [4.78, 5) is 25.3. The van der Waals surface area contributed by atoms with Gasteiger partial charge < -0.3 is 15.2 Å². The van der Waals surface area contributed by atoms with Crippen LogP contribution in [0.5, 0.6) is 0 Å². The third-order valence-corrected chi connectivity index (χ3v) is 6.82. The van der Waals surface area contributed by atoms with E-state index in [-0.39, 0.29) is 39.6 Å². The Kier molecular flexibility index (Phi) is 8.87. The lowest BCUT2D eigenvalue weighted by Gasteiger charge is -2.22. The van der Waals surface area contributed by atoms with Gasteiger partial charge in [0.15, 0.2) is 11.0 Å². The van der Waals surface area contributed by atoms with E-state index in [2.05, 4.69) is 20.8 Å². The highest BCUT2D eigenvalue weighted by Gasteiger charge is 2.25. The molecule has 11 heteroatoms. The van der Waals surface area contributed by atoms with Gasteiger partial charge in [0.25, 0.3) is 5.91 Å². The van der Waals surface area contributed by atoms with Gasteiger partial charge in [0.1, 0.15) is 0 Å². The van der Waals surface area contributed by atoms with Gasteiger partial charge in [0.2, 0.25) is 5.91 Å². The Morgan fingerprint density at radius 2 is 1.76 bits per heavy atom. The van der Waals surface area contributed by atoms with E-state index in [1.807, 2.05) is 39.0 Å². The molecule has 0 aliphatic heterocycles. The normalized spacial score (nSPS) is 12.0. The summed E-state index contributed by atoms with van der Waals surface area (Å²) in [6.07, 6.45) is 0. The van der Waals surface area contributed by atoms with Crippen LogP contribution in [-0.2, 0) is 11.8 Å².